The third-order valence-corrected chi connectivity index (χ3v) is 7.57. The Bertz CT molecular complexity index is 1110. The van der Waals surface area contributed by atoms with Gasteiger partial charge in [-0.15, -0.1) is 0 Å². The van der Waals surface area contributed by atoms with Crippen molar-refractivity contribution in [2.75, 3.05) is 17.1 Å². The summed E-state index contributed by atoms with van der Waals surface area (Å²) in [6.45, 7) is 8.03. The van der Waals surface area contributed by atoms with Crippen LogP contribution in [0.2, 0.25) is 0 Å². The zero-order valence-corrected chi connectivity index (χ0v) is 23.5. The highest BCUT2D eigenvalue weighted by Gasteiger charge is 2.27. The van der Waals surface area contributed by atoms with Crippen LogP contribution in [0.1, 0.15) is 51.2 Å². The van der Waals surface area contributed by atoms with E-state index in [2.05, 4.69) is 21.2 Å². The Morgan fingerprint density at radius 2 is 1.74 bits per heavy atom. The number of nitrogens with one attached hydrogen (secondary N) is 1. The first-order valence-electron chi connectivity index (χ1n) is 11.8. The first-order valence-corrected chi connectivity index (χ1v) is 14.4. The van der Waals surface area contributed by atoms with Gasteiger partial charge < -0.3 is 10.2 Å². The number of carbonyl (C=O) groups is 2. The zero-order valence-electron chi connectivity index (χ0n) is 21.1. The molecule has 0 aliphatic heterocycles. The Morgan fingerprint density at radius 3 is 2.31 bits per heavy atom. The van der Waals surface area contributed by atoms with E-state index in [1.54, 1.807) is 24.0 Å². The maximum absolute atomic E-state index is 13.3. The lowest BCUT2D eigenvalue weighted by Crippen LogP contribution is -2.49. The highest BCUT2D eigenvalue weighted by molar-refractivity contribution is 9.10. The van der Waals surface area contributed by atoms with Gasteiger partial charge in [-0.1, -0.05) is 52.7 Å². The van der Waals surface area contributed by atoms with Crippen LogP contribution >= 0.6 is 15.9 Å². The average molecular weight is 567 g/mol. The maximum atomic E-state index is 13.3. The maximum Gasteiger partial charge on any atom is 0.242 e. The van der Waals surface area contributed by atoms with Crippen molar-refractivity contribution in [2.24, 2.45) is 0 Å². The lowest BCUT2D eigenvalue weighted by molar-refractivity contribution is -0.140. The summed E-state index contributed by atoms with van der Waals surface area (Å²) < 4.78 is 27.0. The van der Waals surface area contributed by atoms with E-state index in [0.29, 0.717) is 12.1 Å². The second-order valence-corrected chi connectivity index (χ2v) is 11.7. The minimum Gasteiger partial charge on any atom is -0.352 e. The number of anilines is 1. The molecular formula is C26H36BrN3O4S. The molecule has 1 N–H and O–H groups in total. The van der Waals surface area contributed by atoms with Gasteiger partial charge in [-0.3, -0.25) is 13.9 Å². The van der Waals surface area contributed by atoms with Gasteiger partial charge in [0.25, 0.3) is 0 Å². The number of hydrogen-bond acceptors (Lipinski definition) is 4. The van der Waals surface area contributed by atoms with Crippen LogP contribution in [0, 0.1) is 6.92 Å². The second-order valence-electron chi connectivity index (χ2n) is 8.92. The van der Waals surface area contributed by atoms with Gasteiger partial charge in [-0.05, 0) is 63.4 Å². The molecule has 0 unspecified atom stereocenters. The minimum absolute atomic E-state index is 0.00519. The number of carbonyl (C=O) groups excluding carboxylic acids is 2. The van der Waals surface area contributed by atoms with E-state index in [1.165, 1.54) is 4.31 Å². The Labute approximate surface area is 218 Å². The lowest BCUT2D eigenvalue weighted by atomic mass is 10.1. The smallest absolute Gasteiger partial charge is 0.242 e. The molecule has 2 aromatic carbocycles. The van der Waals surface area contributed by atoms with Crippen molar-refractivity contribution in [1.29, 1.82) is 0 Å². The number of halogens is 1. The van der Waals surface area contributed by atoms with Gasteiger partial charge in [-0.2, -0.15) is 0 Å². The molecule has 2 amide bonds. The van der Waals surface area contributed by atoms with Crippen LogP contribution in [0.3, 0.4) is 0 Å². The molecule has 0 aromatic heterocycles. The molecule has 9 heteroatoms. The number of hydrogen-bond donors (Lipinski definition) is 1. The molecule has 0 saturated heterocycles. The van der Waals surface area contributed by atoms with Crippen molar-refractivity contribution in [3.05, 3.63) is 64.1 Å². The normalized spacial score (nSPS) is 13.1. The van der Waals surface area contributed by atoms with Gasteiger partial charge in [0.2, 0.25) is 21.8 Å². The van der Waals surface area contributed by atoms with Gasteiger partial charge in [-0.25, -0.2) is 8.42 Å². The van der Waals surface area contributed by atoms with Gasteiger partial charge >= 0.3 is 0 Å². The van der Waals surface area contributed by atoms with Crippen molar-refractivity contribution in [3.63, 3.8) is 0 Å². The van der Waals surface area contributed by atoms with Crippen LogP contribution in [-0.2, 0) is 26.2 Å². The number of sulfonamides is 1. The first-order chi connectivity index (χ1) is 16.4. The minimum atomic E-state index is -3.51. The van der Waals surface area contributed by atoms with Gasteiger partial charge in [0, 0.05) is 30.0 Å². The summed E-state index contributed by atoms with van der Waals surface area (Å²) in [6.07, 6.45) is 2.40. The zero-order chi connectivity index (χ0) is 26.2. The molecule has 0 radical (unpaired) electrons. The van der Waals surface area contributed by atoms with Gasteiger partial charge in [0.1, 0.15) is 6.04 Å². The van der Waals surface area contributed by atoms with E-state index < -0.39 is 16.1 Å². The largest absolute Gasteiger partial charge is 0.352 e. The van der Waals surface area contributed by atoms with E-state index in [0.717, 1.165) is 28.3 Å². The summed E-state index contributed by atoms with van der Waals surface area (Å²) in [5.74, 6) is -0.408. The Morgan fingerprint density at radius 1 is 1.09 bits per heavy atom. The monoisotopic (exact) mass is 565 g/mol. The third-order valence-electron chi connectivity index (χ3n) is 5.88. The second kappa shape index (κ2) is 13.1. The molecule has 7 nitrogen and oxygen atoms in total. The number of amides is 2. The molecule has 0 saturated carbocycles. The molecule has 0 aliphatic rings. The third kappa shape index (κ3) is 8.96. The van der Waals surface area contributed by atoms with Crippen molar-refractivity contribution in [1.82, 2.24) is 10.2 Å². The molecule has 2 rings (SSSR count). The van der Waals surface area contributed by atoms with Crippen LogP contribution in [-0.4, -0.2) is 50.0 Å². The van der Waals surface area contributed by atoms with Crippen LogP contribution in [0.5, 0.6) is 0 Å². The average Bonchev–Trinajstić information content (AvgIpc) is 2.79. The predicted molar refractivity (Wildman–Crippen MR) is 145 cm³/mol. The molecule has 192 valence electrons. The summed E-state index contributed by atoms with van der Waals surface area (Å²) in [5, 5.41) is 2.95. The van der Waals surface area contributed by atoms with Crippen LogP contribution < -0.4 is 9.62 Å². The van der Waals surface area contributed by atoms with Gasteiger partial charge in [0.05, 0.1) is 11.9 Å². The van der Waals surface area contributed by atoms with Crippen molar-refractivity contribution in [3.8, 4) is 0 Å². The Kier molecular flexibility index (Phi) is 10.8. The summed E-state index contributed by atoms with van der Waals surface area (Å²) in [6, 6.07) is 14.2. The Hall–Kier alpha value is -2.39. The fourth-order valence-electron chi connectivity index (χ4n) is 3.60. The van der Waals surface area contributed by atoms with Gasteiger partial charge in [0.15, 0.2) is 0 Å². The quantitative estimate of drug-likeness (QED) is 0.406. The molecule has 0 bridgehead atoms. The molecular weight excluding hydrogens is 530 g/mol. The van der Waals surface area contributed by atoms with E-state index in [1.807, 2.05) is 57.2 Å². The fourth-order valence-corrected chi connectivity index (χ4v) is 5.01. The molecule has 0 spiro atoms. The molecule has 2 aromatic rings. The predicted octanol–water partition coefficient (Wildman–Crippen LogP) is 4.64. The summed E-state index contributed by atoms with van der Waals surface area (Å²) in [4.78, 5) is 27.7. The van der Waals surface area contributed by atoms with E-state index in [-0.39, 0.29) is 37.4 Å². The summed E-state index contributed by atoms with van der Waals surface area (Å²) in [5.41, 5.74) is 2.50. The summed E-state index contributed by atoms with van der Waals surface area (Å²) in [7, 11) is -3.51. The van der Waals surface area contributed by atoms with Crippen LogP contribution in [0.4, 0.5) is 5.69 Å². The highest BCUT2D eigenvalue weighted by atomic mass is 79.9. The number of nitrogens with zero attached hydrogens (tertiary/aromatic N) is 2. The van der Waals surface area contributed by atoms with Crippen molar-refractivity contribution < 1.29 is 18.0 Å². The van der Waals surface area contributed by atoms with Crippen LogP contribution in [0.15, 0.2) is 53.0 Å². The number of rotatable bonds is 12. The topological polar surface area (TPSA) is 86.8 Å². The van der Waals surface area contributed by atoms with Crippen molar-refractivity contribution >= 4 is 43.5 Å². The molecule has 0 heterocycles. The van der Waals surface area contributed by atoms with E-state index in [4.69, 9.17) is 0 Å². The van der Waals surface area contributed by atoms with E-state index >= 15 is 0 Å². The number of benzene rings is 2. The number of aryl methyl sites for hydroxylation is 1. The fraction of sp³-hybridized carbons (Fsp3) is 0.462. The van der Waals surface area contributed by atoms with E-state index in [9.17, 15) is 18.0 Å². The molecule has 35 heavy (non-hydrogen) atoms. The lowest BCUT2D eigenvalue weighted by Gasteiger charge is -2.30. The summed E-state index contributed by atoms with van der Waals surface area (Å²) >= 11 is 3.46. The Balaban J connectivity index is 2.16. The standard InChI is InChI=1S/C26H36BrN3O4S/c1-6-20(3)28-26(32)21(4)29(18-22-9-7-10-23(27)17-22)25(31)11-8-16-30(35(5,33)34)24-14-12-19(2)13-15-24/h7,9-10,12-15,17,20-21H,6,8,11,16,18H2,1-5H3,(H,28,32)/t20-,21-/m1/s1. The molecule has 2 atom stereocenters. The van der Waals surface area contributed by atoms with Crippen LogP contribution in [0.25, 0.3) is 0 Å². The molecule has 0 aliphatic carbocycles. The first kappa shape index (κ1) is 28.8. The van der Waals surface area contributed by atoms with Crippen molar-refractivity contribution in [2.45, 2.75) is 65.6 Å². The molecule has 0 fully saturated rings. The SMILES string of the molecule is CC[C@@H](C)NC(=O)[C@@H](C)N(Cc1cccc(Br)c1)C(=O)CCCN(c1ccc(C)cc1)S(C)(=O)=O. The highest BCUT2D eigenvalue weighted by Crippen LogP contribution is 2.20.